The summed E-state index contributed by atoms with van der Waals surface area (Å²) in [7, 11) is 0. The van der Waals surface area contributed by atoms with Crippen LogP contribution in [0, 0.1) is 0 Å². The summed E-state index contributed by atoms with van der Waals surface area (Å²) in [6.07, 6.45) is 9.25. The highest BCUT2D eigenvalue weighted by Crippen LogP contribution is 2.40. The number of nitrogens with zero attached hydrogens (tertiary/aromatic N) is 6. The molecule has 2 aliphatic rings. The minimum Gasteiger partial charge on any atom is -0.463 e. The van der Waals surface area contributed by atoms with Crippen LogP contribution in [0.15, 0.2) is 54.9 Å². The van der Waals surface area contributed by atoms with Crippen molar-refractivity contribution in [3.63, 3.8) is 0 Å². The Bertz CT molecular complexity index is 1060. The van der Waals surface area contributed by atoms with Gasteiger partial charge < -0.3 is 9.47 Å². The van der Waals surface area contributed by atoms with Gasteiger partial charge in [-0.05, 0) is 25.0 Å². The number of esters is 1. The first kappa shape index (κ1) is 18.7. The molecule has 0 unspecified atom stereocenters. The monoisotopic (exact) mass is 406 g/mol. The van der Waals surface area contributed by atoms with Gasteiger partial charge in [0.15, 0.2) is 0 Å². The minimum atomic E-state index is -0.443. The molecule has 3 aromatic rings. The van der Waals surface area contributed by atoms with Gasteiger partial charge in [0.2, 0.25) is 0 Å². The van der Waals surface area contributed by atoms with Crippen LogP contribution in [0.1, 0.15) is 49.2 Å². The van der Waals surface area contributed by atoms with Crippen LogP contribution in [0.3, 0.4) is 0 Å². The first-order valence-electron chi connectivity index (χ1n) is 10.0. The molecule has 30 heavy (non-hydrogen) atoms. The van der Waals surface area contributed by atoms with Gasteiger partial charge in [-0.3, -0.25) is 4.79 Å². The minimum absolute atomic E-state index is 0.145. The largest absolute Gasteiger partial charge is 0.463 e. The molecule has 1 aromatic carbocycles. The number of carbonyl (C=O) groups excluding carboxylic acids is 1. The lowest BCUT2D eigenvalue weighted by Crippen LogP contribution is -2.31. The molecule has 3 atom stereocenters. The van der Waals surface area contributed by atoms with E-state index in [1.807, 2.05) is 59.6 Å². The van der Waals surface area contributed by atoms with Crippen molar-refractivity contribution in [3.8, 4) is 5.69 Å². The lowest BCUT2D eigenvalue weighted by Gasteiger charge is -2.30. The lowest BCUT2D eigenvalue weighted by atomic mass is 10.0. The van der Waals surface area contributed by atoms with Crippen molar-refractivity contribution in [2.24, 2.45) is 0 Å². The van der Waals surface area contributed by atoms with Gasteiger partial charge in [-0.15, -0.1) is 10.2 Å². The molecule has 9 heteroatoms. The third-order valence-corrected chi connectivity index (χ3v) is 5.26. The maximum Gasteiger partial charge on any atom is 0.302 e. The van der Waals surface area contributed by atoms with E-state index in [1.54, 1.807) is 4.68 Å². The van der Waals surface area contributed by atoms with E-state index in [2.05, 4.69) is 20.6 Å². The van der Waals surface area contributed by atoms with Gasteiger partial charge in [0.05, 0.1) is 17.6 Å². The molecule has 1 aliphatic carbocycles. The average molecular weight is 406 g/mol. The molecule has 1 fully saturated rings. The van der Waals surface area contributed by atoms with Gasteiger partial charge in [-0.1, -0.05) is 40.8 Å². The molecule has 0 bridgehead atoms. The average Bonchev–Trinajstić information content (AvgIpc) is 3.30. The summed E-state index contributed by atoms with van der Waals surface area (Å²) in [4.78, 5) is 11.2. The molecule has 0 spiro atoms. The molecule has 0 saturated heterocycles. The van der Waals surface area contributed by atoms with Crippen molar-refractivity contribution in [2.45, 2.75) is 43.9 Å². The Hall–Kier alpha value is -3.33. The SMILES string of the molecule is CC(=O)OC[C@@H]1C=C[C@@H](n2cc(C3CC3)nn2)[C@@H](c2cn(-c3ccccc3)nn2)O1. The van der Waals surface area contributed by atoms with E-state index >= 15 is 0 Å². The molecule has 3 heterocycles. The fourth-order valence-electron chi connectivity index (χ4n) is 3.54. The number of benzene rings is 1. The number of aromatic nitrogens is 6. The Labute approximate surface area is 173 Å². The Morgan fingerprint density at radius 1 is 1.10 bits per heavy atom. The first-order valence-corrected chi connectivity index (χ1v) is 10.0. The number of ether oxygens (including phenoxy) is 2. The van der Waals surface area contributed by atoms with Crippen LogP contribution in [-0.4, -0.2) is 48.7 Å². The van der Waals surface area contributed by atoms with Gasteiger partial charge in [0, 0.05) is 19.0 Å². The molecule has 0 radical (unpaired) electrons. The Morgan fingerprint density at radius 2 is 1.90 bits per heavy atom. The van der Waals surface area contributed by atoms with Crippen molar-refractivity contribution >= 4 is 5.97 Å². The third kappa shape index (κ3) is 3.88. The van der Waals surface area contributed by atoms with Crippen LogP contribution in [0.25, 0.3) is 5.69 Å². The Kier molecular flexibility index (Phi) is 4.88. The summed E-state index contributed by atoms with van der Waals surface area (Å²) in [5.74, 6) is 0.174. The summed E-state index contributed by atoms with van der Waals surface area (Å²) < 4.78 is 14.9. The van der Waals surface area contributed by atoms with Crippen LogP contribution in [0.2, 0.25) is 0 Å². The summed E-state index contributed by atoms with van der Waals surface area (Å²) in [5, 5.41) is 17.3. The van der Waals surface area contributed by atoms with E-state index in [4.69, 9.17) is 9.47 Å². The topological polar surface area (TPSA) is 97.0 Å². The van der Waals surface area contributed by atoms with Crippen LogP contribution in [0.4, 0.5) is 0 Å². The smallest absolute Gasteiger partial charge is 0.302 e. The van der Waals surface area contributed by atoms with Crippen LogP contribution in [0.5, 0.6) is 0 Å². The summed E-state index contributed by atoms with van der Waals surface area (Å²) >= 11 is 0. The highest BCUT2D eigenvalue weighted by Gasteiger charge is 2.35. The quantitative estimate of drug-likeness (QED) is 0.458. The zero-order valence-corrected chi connectivity index (χ0v) is 16.5. The van der Waals surface area contributed by atoms with Gasteiger partial charge in [0.25, 0.3) is 0 Å². The first-order chi connectivity index (χ1) is 14.7. The van der Waals surface area contributed by atoms with Crippen molar-refractivity contribution < 1.29 is 14.3 Å². The molecule has 0 amide bonds. The van der Waals surface area contributed by atoms with Gasteiger partial charge >= 0.3 is 5.97 Å². The van der Waals surface area contributed by atoms with Crippen LogP contribution < -0.4 is 0 Å². The van der Waals surface area contributed by atoms with E-state index in [0.717, 1.165) is 24.2 Å². The standard InChI is InChI=1S/C21H22N6O3/c1-14(28)29-13-17-9-10-20(27-11-18(22-25-27)15-7-8-15)21(30-17)19-12-26(24-23-19)16-5-3-2-4-6-16/h2-6,9-12,15,17,20-21H,7-8,13H2,1H3/t17-,20+,21+/m0/s1. The van der Waals surface area contributed by atoms with E-state index in [9.17, 15) is 4.79 Å². The predicted octanol–water partition coefficient (Wildman–Crippen LogP) is 2.54. The maximum atomic E-state index is 11.2. The van der Waals surface area contributed by atoms with E-state index < -0.39 is 6.10 Å². The molecule has 0 N–H and O–H groups in total. The number of hydrogen-bond donors (Lipinski definition) is 0. The van der Waals surface area contributed by atoms with Crippen molar-refractivity contribution in [1.82, 2.24) is 30.0 Å². The molecule has 1 saturated carbocycles. The van der Waals surface area contributed by atoms with Crippen LogP contribution >= 0.6 is 0 Å². The highest BCUT2D eigenvalue weighted by atomic mass is 16.6. The third-order valence-electron chi connectivity index (χ3n) is 5.26. The molecule has 9 nitrogen and oxygen atoms in total. The van der Waals surface area contributed by atoms with Crippen LogP contribution in [-0.2, 0) is 14.3 Å². The molecule has 1 aliphatic heterocycles. The fourth-order valence-corrected chi connectivity index (χ4v) is 3.54. The number of carbonyl (C=O) groups is 1. The predicted molar refractivity (Wildman–Crippen MR) is 106 cm³/mol. The summed E-state index contributed by atoms with van der Waals surface area (Å²) in [5.41, 5.74) is 2.59. The van der Waals surface area contributed by atoms with Crippen molar-refractivity contribution in [2.75, 3.05) is 6.61 Å². The van der Waals surface area contributed by atoms with E-state index in [-0.39, 0.29) is 24.7 Å². The second-order valence-electron chi connectivity index (χ2n) is 7.59. The molecular formula is C21H22N6O3. The number of rotatable bonds is 6. The second-order valence-corrected chi connectivity index (χ2v) is 7.59. The molecular weight excluding hydrogens is 384 g/mol. The van der Waals surface area contributed by atoms with Crippen molar-refractivity contribution in [1.29, 1.82) is 0 Å². The van der Waals surface area contributed by atoms with E-state index in [0.29, 0.717) is 11.6 Å². The zero-order chi connectivity index (χ0) is 20.5. The normalized spacial score (nSPS) is 23.4. The second kappa shape index (κ2) is 7.83. The summed E-state index contributed by atoms with van der Waals surface area (Å²) in [6, 6.07) is 9.54. The van der Waals surface area contributed by atoms with Gasteiger partial charge in [-0.2, -0.15) is 0 Å². The number of para-hydroxylation sites is 1. The molecule has 154 valence electrons. The number of hydrogen-bond acceptors (Lipinski definition) is 7. The summed E-state index contributed by atoms with van der Waals surface area (Å²) in [6.45, 7) is 1.53. The van der Waals surface area contributed by atoms with Gasteiger partial charge in [0.1, 0.15) is 30.6 Å². The van der Waals surface area contributed by atoms with E-state index in [1.165, 1.54) is 6.92 Å². The Morgan fingerprint density at radius 3 is 2.67 bits per heavy atom. The zero-order valence-electron chi connectivity index (χ0n) is 16.5. The molecule has 2 aromatic heterocycles. The fraction of sp³-hybridized carbons (Fsp3) is 0.381. The van der Waals surface area contributed by atoms with Crippen molar-refractivity contribution in [3.05, 3.63) is 66.3 Å². The maximum absolute atomic E-state index is 11.2. The molecule has 5 rings (SSSR count). The highest BCUT2D eigenvalue weighted by molar-refractivity contribution is 5.65. The Balaban J connectivity index is 1.44. The lowest BCUT2D eigenvalue weighted by molar-refractivity contribution is -0.146. The van der Waals surface area contributed by atoms with Gasteiger partial charge in [-0.25, -0.2) is 9.36 Å².